The van der Waals surface area contributed by atoms with E-state index in [4.69, 9.17) is 0 Å². The Balaban J connectivity index is 2.10. The Labute approximate surface area is 174 Å². The van der Waals surface area contributed by atoms with E-state index in [1.807, 2.05) is 24.3 Å². The molecule has 4 aromatic carbocycles. The Morgan fingerprint density at radius 2 is 0.897 bits per heavy atom. The molecule has 0 saturated heterocycles. The van der Waals surface area contributed by atoms with Crippen molar-refractivity contribution < 1.29 is 4.57 Å². The molecular weight excluding hydrogens is 371 g/mol. The van der Waals surface area contributed by atoms with Crippen molar-refractivity contribution >= 4 is 13.8 Å². The van der Waals surface area contributed by atoms with Crippen LogP contribution in [-0.4, -0.2) is 0 Å². The van der Waals surface area contributed by atoms with Crippen LogP contribution in [0.25, 0.3) is 33.4 Å². The molecule has 0 heterocycles. The first-order valence-electron chi connectivity index (χ1n) is 9.79. The van der Waals surface area contributed by atoms with E-state index in [2.05, 4.69) is 81.4 Å². The molecule has 0 aliphatic carbocycles. The summed E-state index contributed by atoms with van der Waals surface area (Å²) in [6, 6.07) is 29.4. The topological polar surface area (TPSA) is 17.1 Å². The Morgan fingerprint density at radius 3 is 1.28 bits per heavy atom. The molecule has 1 nitrogen and oxygen atoms in total. The summed E-state index contributed by atoms with van der Waals surface area (Å²) in [5, 5.41) is 0.839. The van der Waals surface area contributed by atoms with Crippen LogP contribution in [0.5, 0.6) is 0 Å². The monoisotopic (exact) mass is 394 g/mol. The van der Waals surface area contributed by atoms with Gasteiger partial charge in [0.15, 0.2) is 8.46 Å². The van der Waals surface area contributed by atoms with Crippen LogP contribution in [-0.2, 0) is 4.57 Å². The van der Waals surface area contributed by atoms with E-state index in [0.717, 1.165) is 33.1 Å². The summed E-state index contributed by atoms with van der Waals surface area (Å²) < 4.78 is 12.4. The van der Waals surface area contributed by atoms with Crippen molar-refractivity contribution in [2.45, 2.75) is 20.8 Å². The SMILES string of the molecule is Cc1ccccc1-c1cc(-c2ccccc2C)c(P=O)c(-c2ccccc2C)c1. The maximum atomic E-state index is 12.4. The molecule has 0 radical (unpaired) electrons. The van der Waals surface area contributed by atoms with Gasteiger partial charge in [0.05, 0.1) is 5.30 Å². The molecule has 0 bridgehead atoms. The van der Waals surface area contributed by atoms with E-state index in [9.17, 15) is 4.57 Å². The van der Waals surface area contributed by atoms with Gasteiger partial charge in [-0.25, -0.2) is 0 Å². The molecule has 0 aromatic heterocycles. The fourth-order valence-corrected chi connectivity index (χ4v) is 4.51. The third kappa shape index (κ3) is 3.67. The Hall–Kier alpha value is -3.02. The van der Waals surface area contributed by atoms with Crippen LogP contribution < -0.4 is 5.30 Å². The molecule has 0 aliphatic rings. The molecule has 0 N–H and O–H groups in total. The normalized spacial score (nSPS) is 11.0. The van der Waals surface area contributed by atoms with Crippen LogP contribution in [0.15, 0.2) is 84.9 Å². The van der Waals surface area contributed by atoms with Crippen LogP contribution in [0.3, 0.4) is 0 Å². The molecule has 142 valence electrons. The molecule has 0 fully saturated rings. The molecule has 0 saturated carbocycles. The second-order valence-corrected chi connectivity index (χ2v) is 8.09. The predicted molar refractivity (Wildman–Crippen MR) is 124 cm³/mol. The molecule has 0 spiro atoms. The summed E-state index contributed by atoms with van der Waals surface area (Å²) in [5.41, 5.74) is 10.2. The lowest BCUT2D eigenvalue weighted by atomic mass is 9.89. The summed E-state index contributed by atoms with van der Waals surface area (Å²) in [5.74, 6) is 0. The number of rotatable bonds is 4. The van der Waals surface area contributed by atoms with Crippen molar-refractivity contribution in [1.29, 1.82) is 0 Å². The quantitative estimate of drug-likeness (QED) is 0.327. The maximum absolute atomic E-state index is 12.4. The van der Waals surface area contributed by atoms with Gasteiger partial charge in [-0.05, 0) is 83.0 Å². The second-order valence-electron chi connectivity index (χ2n) is 7.46. The summed E-state index contributed by atoms with van der Waals surface area (Å²) in [6.45, 7) is 6.35. The lowest BCUT2D eigenvalue weighted by Gasteiger charge is -2.17. The van der Waals surface area contributed by atoms with Gasteiger partial charge in [0.25, 0.3) is 0 Å². The fraction of sp³-hybridized carbons (Fsp3) is 0.111. The molecule has 2 heteroatoms. The van der Waals surface area contributed by atoms with Crippen LogP contribution in [0, 0.1) is 20.8 Å². The molecule has 0 amide bonds. The molecule has 0 atom stereocenters. The van der Waals surface area contributed by atoms with Crippen LogP contribution in [0.4, 0.5) is 0 Å². The zero-order chi connectivity index (χ0) is 20.4. The van der Waals surface area contributed by atoms with Gasteiger partial charge in [-0.3, -0.25) is 4.57 Å². The Bertz CT molecular complexity index is 1140. The highest BCUT2D eigenvalue weighted by atomic mass is 31.1. The first-order valence-corrected chi connectivity index (χ1v) is 10.6. The van der Waals surface area contributed by atoms with Gasteiger partial charge in [0, 0.05) is 0 Å². The van der Waals surface area contributed by atoms with E-state index in [1.54, 1.807) is 0 Å². The minimum absolute atomic E-state index is 0.0300. The van der Waals surface area contributed by atoms with Gasteiger partial charge in [-0.2, -0.15) is 0 Å². The minimum Gasteiger partial charge on any atom is -0.269 e. The lowest BCUT2D eigenvalue weighted by molar-refractivity contribution is 0.603. The van der Waals surface area contributed by atoms with Crippen LogP contribution in [0.2, 0.25) is 0 Å². The van der Waals surface area contributed by atoms with Gasteiger partial charge in [0.1, 0.15) is 0 Å². The largest absolute Gasteiger partial charge is 0.269 e. The standard InChI is InChI=1S/C27H23OP/c1-18-10-4-7-13-22(18)21-16-25(23-14-8-5-11-19(23)2)27(29-28)26(17-21)24-15-9-6-12-20(24)3/h4-17H,1-3H3. The average Bonchev–Trinajstić information content (AvgIpc) is 2.74. The molecular formula is C27H23OP. The van der Waals surface area contributed by atoms with E-state index in [1.165, 1.54) is 22.3 Å². The number of benzene rings is 4. The van der Waals surface area contributed by atoms with Gasteiger partial charge < -0.3 is 0 Å². The van der Waals surface area contributed by atoms with Crippen LogP contribution in [0.1, 0.15) is 16.7 Å². The van der Waals surface area contributed by atoms with E-state index in [0.29, 0.717) is 0 Å². The van der Waals surface area contributed by atoms with Gasteiger partial charge in [0.2, 0.25) is 0 Å². The van der Waals surface area contributed by atoms with Crippen LogP contribution >= 0.6 is 8.46 Å². The first-order chi connectivity index (χ1) is 14.1. The molecule has 29 heavy (non-hydrogen) atoms. The summed E-state index contributed by atoms with van der Waals surface area (Å²) in [7, 11) is 0.0300. The van der Waals surface area contributed by atoms with Gasteiger partial charge in [-0.1, -0.05) is 72.8 Å². The maximum Gasteiger partial charge on any atom is 0.193 e. The fourth-order valence-electron chi connectivity index (χ4n) is 3.95. The predicted octanol–water partition coefficient (Wildman–Crippen LogP) is 7.53. The third-order valence-corrected chi connectivity index (χ3v) is 6.19. The molecule has 4 aromatic rings. The van der Waals surface area contributed by atoms with E-state index < -0.39 is 0 Å². The van der Waals surface area contributed by atoms with Crippen molar-refractivity contribution in [2.24, 2.45) is 0 Å². The number of aryl methyl sites for hydroxylation is 3. The van der Waals surface area contributed by atoms with Gasteiger partial charge in [-0.15, -0.1) is 0 Å². The first kappa shape index (κ1) is 19.3. The summed E-state index contributed by atoms with van der Waals surface area (Å²) >= 11 is 0. The molecule has 0 aliphatic heterocycles. The van der Waals surface area contributed by atoms with Gasteiger partial charge >= 0.3 is 0 Å². The number of hydrogen-bond acceptors (Lipinski definition) is 1. The minimum atomic E-state index is 0.0300. The lowest BCUT2D eigenvalue weighted by Crippen LogP contribution is -2.06. The third-order valence-electron chi connectivity index (χ3n) is 5.53. The summed E-state index contributed by atoms with van der Waals surface area (Å²) in [6.07, 6.45) is 0. The van der Waals surface area contributed by atoms with Crippen molar-refractivity contribution in [1.82, 2.24) is 0 Å². The molecule has 4 rings (SSSR count). The summed E-state index contributed by atoms with van der Waals surface area (Å²) in [4.78, 5) is 0. The zero-order valence-corrected chi connectivity index (χ0v) is 17.8. The highest BCUT2D eigenvalue weighted by Crippen LogP contribution is 2.36. The second kappa shape index (κ2) is 8.15. The van der Waals surface area contributed by atoms with E-state index >= 15 is 0 Å². The van der Waals surface area contributed by atoms with Crippen molar-refractivity contribution in [3.8, 4) is 33.4 Å². The molecule has 0 unspecified atom stereocenters. The van der Waals surface area contributed by atoms with Crippen molar-refractivity contribution in [3.63, 3.8) is 0 Å². The highest BCUT2D eigenvalue weighted by molar-refractivity contribution is 7.35. The van der Waals surface area contributed by atoms with Crippen molar-refractivity contribution in [3.05, 3.63) is 102 Å². The highest BCUT2D eigenvalue weighted by Gasteiger charge is 2.18. The number of hydrogen-bond donors (Lipinski definition) is 0. The smallest absolute Gasteiger partial charge is 0.193 e. The zero-order valence-electron chi connectivity index (χ0n) is 16.9. The average molecular weight is 394 g/mol. The Kier molecular flexibility index (Phi) is 5.43. The van der Waals surface area contributed by atoms with E-state index in [-0.39, 0.29) is 8.46 Å². The Morgan fingerprint density at radius 1 is 0.517 bits per heavy atom. The van der Waals surface area contributed by atoms with Crippen molar-refractivity contribution in [2.75, 3.05) is 0 Å².